The van der Waals surface area contributed by atoms with Crippen molar-refractivity contribution in [1.29, 1.82) is 0 Å². The van der Waals surface area contributed by atoms with Gasteiger partial charge < -0.3 is 5.32 Å². The first-order valence-electron chi connectivity index (χ1n) is 7.06. The van der Waals surface area contributed by atoms with Gasteiger partial charge in [0.25, 0.3) is 0 Å². The third-order valence-electron chi connectivity index (χ3n) is 4.07. The highest BCUT2D eigenvalue weighted by molar-refractivity contribution is 7.91. The minimum atomic E-state index is -2.93. The van der Waals surface area contributed by atoms with Crippen LogP contribution < -0.4 is 5.32 Å². The van der Waals surface area contributed by atoms with Crippen LogP contribution in [-0.2, 0) is 9.84 Å². The number of hydrogen-bond acceptors (Lipinski definition) is 3. The van der Waals surface area contributed by atoms with Crippen molar-refractivity contribution in [2.45, 2.75) is 49.9 Å². The van der Waals surface area contributed by atoms with Gasteiger partial charge in [-0.2, -0.15) is 0 Å². The lowest BCUT2D eigenvalue weighted by Gasteiger charge is -2.31. The smallest absolute Gasteiger partial charge is 0.150 e. The summed E-state index contributed by atoms with van der Waals surface area (Å²) in [7, 11) is -2.93. The Labute approximate surface area is 126 Å². The van der Waals surface area contributed by atoms with Crippen molar-refractivity contribution in [1.82, 2.24) is 5.32 Å². The maximum absolute atomic E-state index is 11.7. The standard InChI is InChI=1S/C15H22ClNO2S/c1-11(12-5-3-6-13(16)9-12)17-14-7-4-8-15(10-14)20(2,18)19/h3,5-6,9,11,14-15,17H,4,7-8,10H2,1-2H3/t11-,14?,15?/m1/s1. The summed E-state index contributed by atoms with van der Waals surface area (Å²) in [5, 5.41) is 4.08. The summed E-state index contributed by atoms with van der Waals surface area (Å²) in [5.74, 6) is 0. The molecule has 1 aliphatic carbocycles. The second-order valence-corrected chi connectivity index (χ2v) is 8.52. The topological polar surface area (TPSA) is 46.2 Å². The first-order chi connectivity index (χ1) is 9.36. The number of sulfone groups is 1. The predicted molar refractivity (Wildman–Crippen MR) is 83.9 cm³/mol. The van der Waals surface area contributed by atoms with Crippen molar-refractivity contribution in [3.8, 4) is 0 Å². The molecule has 0 bridgehead atoms. The molecule has 0 saturated heterocycles. The van der Waals surface area contributed by atoms with Crippen LogP contribution in [0.1, 0.15) is 44.2 Å². The lowest BCUT2D eigenvalue weighted by atomic mass is 9.93. The van der Waals surface area contributed by atoms with Crippen LogP contribution in [0, 0.1) is 0 Å². The van der Waals surface area contributed by atoms with E-state index in [4.69, 9.17) is 11.6 Å². The van der Waals surface area contributed by atoms with Crippen LogP contribution in [0.15, 0.2) is 24.3 Å². The number of benzene rings is 1. The third kappa shape index (κ3) is 4.21. The molecule has 1 fully saturated rings. The van der Waals surface area contributed by atoms with Gasteiger partial charge in [-0.05, 0) is 43.9 Å². The molecule has 1 aliphatic rings. The molecule has 0 spiro atoms. The summed E-state index contributed by atoms with van der Waals surface area (Å²) in [6, 6.07) is 8.24. The number of halogens is 1. The number of nitrogens with one attached hydrogen (secondary N) is 1. The van der Waals surface area contributed by atoms with Crippen LogP contribution in [0.5, 0.6) is 0 Å². The highest BCUT2D eigenvalue weighted by Crippen LogP contribution is 2.26. The average Bonchev–Trinajstić information content (AvgIpc) is 2.38. The molecular formula is C15H22ClNO2S. The van der Waals surface area contributed by atoms with Gasteiger partial charge in [0.1, 0.15) is 9.84 Å². The van der Waals surface area contributed by atoms with Crippen molar-refractivity contribution in [3.63, 3.8) is 0 Å². The molecule has 0 aliphatic heterocycles. The Morgan fingerprint density at radius 2 is 2.10 bits per heavy atom. The van der Waals surface area contributed by atoms with E-state index in [9.17, 15) is 8.42 Å². The van der Waals surface area contributed by atoms with Gasteiger partial charge in [0.05, 0.1) is 5.25 Å². The molecule has 0 heterocycles. The molecule has 3 atom stereocenters. The summed E-state index contributed by atoms with van der Waals surface area (Å²) in [4.78, 5) is 0. The van der Waals surface area contributed by atoms with E-state index in [1.807, 2.05) is 24.3 Å². The van der Waals surface area contributed by atoms with Gasteiger partial charge in [0, 0.05) is 23.4 Å². The number of hydrogen-bond donors (Lipinski definition) is 1. The normalized spacial score (nSPS) is 25.4. The lowest BCUT2D eigenvalue weighted by Crippen LogP contribution is -2.39. The van der Waals surface area contributed by atoms with Crippen LogP contribution in [0.2, 0.25) is 5.02 Å². The fourth-order valence-corrected chi connectivity index (χ4v) is 4.29. The molecule has 2 unspecified atom stereocenters. The fourth-order valence-electron chi connectivity index (χ4n) is 2.91. The Hall–Kier alpha value is -0.580. The monoisotopic (exact) mass is 315 g/mol. The molecule has 1 saturated carbocycles. The van der Waals surface area contributed by atoms with Gasteiger partial charge in [0.2, 0.25) is 0 Å². The highest BCUT2D eigenvalue weighted by atomic mass is 35.5. The first-order valence-corrected chi connectivity index (χ1v) is 9.40. The summed E-state index contributed by atoms with van der Waals surface area (Å²) in [6.07, 6.45) is 4.86. The second kappa shape index (κ2) is 6.46. The molecule has 1 N–H and O–H groups in total. The van der Waals surface area contributed by atoms with Gasteiger partial charge in [-0.15, -0.1) is 0 Å². The minimum Gasteiger partial charge on any atom is -0.307 e. The molecule has 2 rings (SSSR count). The van der Waals surface area contributed by atoms with Crippen LogP contribution in [0.4, 0.5) is 0 Å². The van der Waals surface area contributed by atoms with Gasteiger partial charge >= 0.3 is 0 Å². The zero-order chi connectivity index (χ0) is 14.8. The molecule has 112 valence electrons. The van der Waals surface area contributed by atoms with Crippen molar-refractivity contribution < 1.29 is 8.42 Å². The molecule has 0 aromatic heterocycles. The van der Waals surface area contributed by atoms with E-state index in [0.717, 1.165) is 29.8 Å². The molecule has 1 aromatic carbocycles. The maximum Gasteiger partial charge on any atom is 0.150 e. The van der Waals surface area contributed by atoms with E-state index < -0.39 is 9.84 Å². The zero-order valence-corrected chi connectivity index (χ0v) is 13.5. The molecule has 0 radical (unpaired) electrons. The van der Waals surface area contributed by atoms with Gasteiger partial charge in [-0.3, -0.25) is 0 Å². The Morgan fingerprint density at radius 1 is 1.35 bits per heavy atom. The van der Waals surface area contributed by atoms with Crippen molar-refractivity contribution in [2.24, 2.45) is 0 Å². The quantitative estimate of drug-likeness (QED) is 0.927. The highest BCUT2D eigenvalue weighted by Gasteiger charge is 2.29. The van der Waals surface area contributed by atoms with Crippen LogP contribution in [-0.4, -0.2) is 26.0 Å². The van der Waals surface area contributed by atoms with Crippen LogP contribution >= 0.6 is 11.6 Å². The molecule has 1 aromatic rings. The largest absolute Gasteiger partial charge is 0.307 e. The first kappa shape index (κ1) is 15.8. The Bertz CT molecular complexity index is 559. The van der Waals surface area contributed by atoms with E-state index in [1.54, 1.807) is 0 Å². The van der Waals surface area contributed by atoms with E-state index in [-0.39, 0.29) is 17.3 Å². The third-order valence-corrected chi connectivity index (χ3v) is 5.94. The van der Waals surface area contributed by atoms with Gasteiger partial charge in [-0.1, -0.05) is 30.2 Å². The van der Waals surface area contributed by atoms with E-state index in [0.29, 0.717) is 6.42 Å². The maximum atomic E-state index is 11.7. The Kier molecular flexibility index (Phi) is 5.10. The summed E-state index contributed by atoms with van der Waals surface area (Å²) >= 11 is 6.01. The lowest BCUT2D eigenvalue weighted by molar-refractivity contribution is 0.346. The van der Waals surface area contributed by atoms with Crippen molar-refractivity contribution in [2.75, 3.05) is 6.26 Å². The number of rotatable bonds is 4. The Balaban J connectivity index is 1.99. The van der Waals surface area contributed by atoms with E-state index in [1.165, 1.54) is 6.26 Å². The second-order valence-electron chi connectivity index (χ2n) is 5.76. The fraction of sp³-hybridized carbons (Fsp3) is 0.600. The van der Waals surface area contributed by atoms with Gasteiger partial charge in [-0.25, -0.2) is 8.42 Å². The molecular weight excluding hydrogens is 294 g/mol. The van der Waals surface area contributed by atoms with Gasteiger partial charge in [0.15, 0.2) is 0 Å². The van der Waals surface area contributed by atoms with Crippen molar-refractivity contribution >= 4 is 21.4 Å². The predicted octanol–water partition coefficient (Wildman–Crippen LogP) is 3.35. The summed E-state index contributed by atoms with van der Waals surface area (Å²) in [5.41, 5.74) is 1.14. The van der Waals surface area contributed by atoms with E-state index >= 15 is 0 Å². The SMILES string of the molecule is C[C@@H](NC1CCCC(S(C)(=O)=O)C1)c1cccc(Cl)c1. The molecule has 20 heavy (non-hydrogen) atoms. The van der Waals surface area contributed by atoms with E-state index in [2.05, 4.69) is 12.2 Å². The summed E-state index contributed by atoms with van der Waals surface area (Å²) in [6.45, 7) is 2.09. The van der Waals surface area contributed by atoms with Crippen LogP contribution in [0.3, 0.4) is 0 Å². The zero-order valence-electron chi connectivity index (χ0n) is 12.0. The summed E-state index contributed by atoms with van der Waals surface area (Å²) < 4.78 is 23.4. The minimum absolute atomic E-state index is 0.178. The van der Waals surface area contributed by atoms with Crippen molar-refractivity contribution in [3.05, 3.63) is 34.9 Å². The molecule has 5 heteroatoms. The molecule has 3 nitrogen and oxygen atoms in total. The molecule has 0 amide bonds. The average molecular weight is 316 g/mol. The Morgan fingerprint density at radius 3 is 2.75 bits per heavy atom. The van der Waals surface area contributed by atoms with Crippen LogP contribution in [0.25, 0.3) is 0 Å².